The van der Waals surface area contributed by atoms with Gasteiger partial charge in [0.25, 0.3) is 0 Å². The van der Waals surface area contributed by atoms with Gasteiger partial charge in [-0.05, 0) is 32.9 Å². The highest BCUT2D eigenvalue weighted by Crippen LogP contribution is 2.25. The molecule has 1 atom stereocenters. The van der Waals surface area contributed by atoms with E-state index < -0.39 is 11.6 Å². The van der Waals surface area contributed by atoms with E-state index in [0.29, 0.717) is 12.2 Å². The number of esters is 1. The molecule has 0 aliphatic heterocycles. The number of Topliss-reactive ketones (excluding diaryl/α,β-unsaturated/α-hetero) is 1. The molecule has 1 N–H and O–H groups in total. The number of hydrogen-bond acceptors (Lipinski definition) is 6. The number of carbonyl (C=O) groups excluding carboxylic acids is 2. The Balaban J connectivity index is 2.44. The zero-order valence-electron chi connectivity index (χ0n) is 13.6. The van der Waals surface area contributed by atoms with Gasteiger partial charge in [-0.1, -0.05) is 30.5 Å². The first kappa shape index (κ1) is 19.4. The first-order valence-electron chi connectivity index (χ1n) is 7.18. The van der Waals surface area contributed by atoms with Gasteiger partial charge in [0.2, 0.25) is 0 Å². The van der Waals surface area contributed by atoms with Crippen LogP contribution in [0.2, 0.25) is 0 Å². The predicted octanol–water partition coefficient (Wildman–Crippen LogP) is 2.82. The quantitative estimate of drug-likeness (QED) is 0.186. The van der Waals surface area contributed by atoms with E-state index in [9.17, 15) is 14.7 Å². The first-order valence-corrected chi connectivity index (χ1v) is 8.06. The van der Waals surface area contributed by atoms with Crippen LogP contribution in [-0.2, 0) is 14.3 Å². The number of benzene rings is 1. The molecule has 5 nitrogen and oxygen atoms in total. The van der Waals surface area contributed by atoms with Crippen LogP contribution < -0.4 is 0 Å². The van der Waals surface area contributed by atoms with E-state index >= 15 is 0 Å². The Morgan fingerprint density at radius 2 is 1.91 bits per heavy atom. The summed E-state index contributed by atoms with van der Waals surface area (Å²) < 4.78 is 10.3. The van der Waals surface area contributed by atoms with Crippen molar-refractivity contribution in [3.8, 4) is 0 Å². The number of thioether (sulfide) groups is 1. The van der Waals surface area contributed by atoms with E-state index in [0.717, 1.165) is 11.0 Å². The Kier molecular flexibility index (Phi) is 7.48. The summed E-state index contributed by atoms with van der Waals surface area (Å²) in [6.07, 6.45) is 1.11. The molecule has 1 rings (SSSR count). The molecule has 0 spiro atoms. The molecule has 0 aliphatic rings. The normalized spacial score (nSPS) is 12.5. The van der Waals surface area contributed by atoms with Crippen molar-refractivity contribution in [3.05, 3.63) is 42.5 Å². The zero-order valence-corrected chi connectivity index (χ0v) is 14.4. The highest BCUT2D eigenvalue weighted by molar-refractivity contribution is 7.99. The van der Waals surface area contributed by atoms with Crippen molar-refractivity contribution >= 4 is 23.5 Å². The van der Waals surface area contributed by atoms with Crippen LogP contribution in [0.5, 0.6) is 0 Å². The van der Waals surface area contributed by atoms with Crippen LogP contribution in [0.15, 0.2) is 41.8 Å². The topological polar surface area (TPSA) is 72.8 Å². The first-order chi connectivity index (χ1) is 10.7. The monoisotopic (exact) mass is 338 g/mol. The predicted molar refractivity (Wildman–Crippen MR) is 89.5 cm³/mol. The largest absolute Gasteiger partial charge is 0.460 e. The lowest BCUT2D eigenvalue weighted by Gasteiger charge is -2.16. The van der Waals surface area contributed by atoms with Crippen molar-refractivity contribution in [3.63, 3.8) is 0 Å². The van der Waals surface area contributed by atoms with Gasteiger partial charge in [-0.25, -0.2) is 4.79 Å². The van der Waals surface area contributed by atoms with Crippen molar-refractivity contribution in [2.24, 2.45) is 0 Å². The second-order valence-corrected chi connectivity index (χ2v) is 6.71. The zero-order chi connectivity index (χ0) is 17.5. The van der Waals surface area contributed by atoms with Crippen molar-refractivity contribution in [2.45, 2.75) is 36.7 Å². The number of ketones is 1. The Morgan fingerprint density at radius 1 is 1.30 bits per heavy atom. The van der Waals surface area contributed by atoms with Crippen LogP contribution in [0.1, 0.15) is 31.1 Å². The highest BCUT2D eigenvalue weighted by atomic mass is 32.2. The Labute approximate surface area is 140 Å². The lowest BCUT2D eigenvalue weighted by molar-refractivity contribution is -0.139. The van der Waals surface area contributed by atoms with E-state index in [4.69, 9.17) is 9.47 Å². The molecule has 0 bridgehead atoms. The molecule has 0 saturated carbocycles. The molecule has 6 heteroatoms. The van der Waals surface area contributed by atoms with Gasteiger partial charge in [0.15, 0.2) is 5.78 Å². The molecule has 0 saturated heterocycles. The molecule has 0 heterocycles. The summed E-state index contributed by atoms with van der Waals surface area (Å²) in [5, 5.41) is 9.71. The smallest absolute Gasteiger partial charge is 0.330 e. The van der Waals surface area contributed by atoms with Gasteiger partial charge >= 0.3 is 5.97 Å². The molecular formula is C17H22O5S. The molecule has 0 aromatic heterocycles. The van der Waals surface area contributed by atoms with Crippen molar-refractivity contribution in [1.29, 1.82) is 0 Å². The van der Waals surface area contributed by atoms with Crippen LogP contribution in [-0.4, -0.2) is 41.1 Å². The fourth-order valence-corrected chi connectivity index (χ4v) is 2.52. The number of aliphatic hydroxyl groups is 1. The fourth-order valence-electron chi connectivity index (χ4n) is 1.68. The van der Waals surface area contributed by atoms with Crippen LogP contribution in [0.3, 0.4) is 0 Å². The molecule has 1 unspecified atom stereocenters. The average Bonchev–Trinajstić information content (AvgIpc) is 2.50. The van der Waals surface area contributed by atoms with Gasteiger partial charge in [-0.3, -0.25) is 4.79 Å². The minimum atomic E-state index is -1.38. The Morgan fingerprint density at radius 3 is 2.43 bits per heavy atom. The SMILES string of the molecule is C=CC(=O)OCCOC(C)Sc1ccc(C(=O)C(C)(C)O)cc1. The maximum atomic E-state index is 11.9. The molecule has 0 radical (unpaired) electrons. The molecule has 126 valence electrons. The van der Waals surface area contributed by atoms with Gasteiger partial charge in [0, 0.05) is 16.5 Å². The van der Waals surface area contributed by atoms with Crippen molar-refractivity contribution in [2.75, 3.05) is 13.2 Å². The Hall–Kier alpha value is -1.63. The number of rotatable bonds is 9. The van der Waals surface area contributed by atoms with Gasteiger partial charge < -0.3 is 14.6 Å². The van der Waals surface area contributed by atoms with Crippen LogP contribution in [0.25, 0.3) is 0 Å². The molecule has 0 fully saturated rings. The van der Waals surface area contributed by atoms with Gasteiger partial charge in [0.1, 0.15) is 17.6 Å². The van der Waals surface area contributed by atoms with Gasteiger partial charge in [-0.2, -0.15) is 0 Å². The molecule has 0 amide bonds. The lowest BCUT2D eigenvalue weighted by atomic mass is 9.97. The number of hydrogen-bond donors (Lipinski definition) is 1. The summed E-state index contributed by atoms with van der Waals surface area (Å²) in [6.45, 7) is 8.59. The van der Waals surface area contributed by atoms with E-state index in [1.165, 1.54) is 25.6 Å². The summed E-state index contributed by atoms with van der Waals surface area (Å²) in [4.78, 5) is 23.7. The van der Waals surface area contributed by atoms with E-state index in [1.54, 1.807) is 24.3 Å². The number of ether oxygens (including phenoxy) is 2. The van der Waals surface area contributed by atoms with Crippen molar-refractivity contribution in [1.82, 2.24) is 0 Å². The average molecular weight is 338 g/mol. The fraction of sp³-hybridized carbons (Fsp3) is 0.412. The molecule has 0 aliphatic carbocycles. The standard InChI is InChI=1S/C17H22O5S/c1-5-15(18)22-11-10-21-12(2)23-14-8-6-13(7-9-14)16(19)17(3,4)20/h5-9,12,20H,1,10-11H2,2-4H3. The third kappa shape index (κ3) is 6.99. The summed E-state index contributed by atoms with van der Waals surface area (Å²) in [5.41, 5.74) is -1.05. The van der Waals surface area contributed by atoms with Crippen LogP contribution in [0, 0.1) is 0 Å². The third-order valence-electron chi connectivity index (χ3n) is 2.82. The maximum Gasteiger partial charge on any atom is 0.330 e. The molecular weight excluding hydrogens is 316 g/mol. The second kappa shape index (κ2) is 8.86. The van der Waals surface area contributed by atoms with Crippen LogP contribution in [0.4, 0.5) is 0 Å². The molecule has 1 aromatic rings. The number of carbonyl (C=O) groups is 2. The minimum Gasteiger partial charge on any atom is -0.460 e. The highest BCUT2D eigenvalue weighted by Gasteiger charge is 2.24. The second-order valence-electron chi connectivity index (χ2n) is 5.34. The van der Waals surface area contributed by atoms with E-state index in [2.05, 4.69) is 6.58 Å². The summed E-state index contributed by atoms with van der Waals surface area (Å²) in [5.74, 6) is -0.789. The third-order valence-corrected chi connectivity index (χ3v) is 3.83. The summed E-state index contributed by atoms with van der Waals surface area (Å²) in [7, 11) is 0. The maximum absolute atomic E-state index is 11.9. The van der Waals surface area contributed by atoms with Gasteiger partial charge in [-0.15, -0.1) is 0 Å². The lowest BCUT2D eigenvalue weighted by Crippen LogP contribution is -2.30. The minimum absolute atomic E-state index is 0.131. The van der Waals surface area contributed by atoms with Crippen molar-refractivity contribution < 1.29 is 24.2 Å². The molecule has 1 aromatic carbocycles. The van der Waals surface area contributed by atoms with E-state index in [-0.39, 0.29) is 17.8 Å². The Bertz CT molecular complexity index is 545. The van der Waals surface area contributed by atoms with E-state index in [1.807, 2.05) is 6.92 Å². The van der Waals surface area contributed by atoms with Gasteiger partial charge in [0.05, 0.1) is 6.61 Å². The van der Waals surface area contributed by atoms with Crippen LogP contribution >= 0.6 is 11.8 Å². The molecule has 23 heavy (non-hydrogen) atoms. The summed E-state index contributed by atoms with van der Waals surface area (Å²) >= 11 is 1.48. The summed E-state index contributed by atoms with van der Waals surface area (Å²) in [6, 6.07) is 6.98.